The van der Waals surface area contributed by atoms with Crippen molar-refractivity contribution in [2.24, 2.45) is 0 Å². The molecular weight excluding hydrogens is 349 g/mol. The number of nitrogens with one attached hydrogen (secondary N) is 2. The third kappa shape index (κ3) is 4.62. The van der Waals surface area contributed by atoms with E-state index in [1.54, 1.807) is 16.9 Å². The molecule has 4 heterocycles. The van der Waals surface area contributed by atoms with E-state index < -0.39 is 0 Å². The summed E-state index contributed by atoms with van der Waals surface area (Å²) < 4.78 is 1.74. The second-order valence-electron chi connectivity index (χ2n) is 7.26. The number of anilines is 2. The highest BCUT2D eigenvalue weighted by Gasteiger charge is 2.11. The summed E-state index contributed by atoms with van der Waals surface area (Å²) in [4.78, 5) is 11.3. The van der Waals surface area contributed by atoms with Crippen molar-refractivity contribution in [1.82, 2.24) is 24.5 Å². The van der Waals surface area contributed by atoms with E-state index in [1.165, 1.54) is 32.4 Å². The zero-order valence-electron chi connectivity index (χ0n) is 16.1. The lowest BCUT2D eigenvalue weighted by Gasteiger charge is -2.26. The van der Waals surface area contributed by atoms with E-state index in [0.717, 1.165) is 36.7 Å². The number of rotatable bonds is 8. The monoisotopic (exact) mass is 375 g/mol. The lowest BCUT2D eigenvalue weighted by molar-refractivity contribution is 0.228. The fraction of sp³-hybridized carbons (Fsp3) is 0.450. The summed E-state index contributed by atoms with van der Waals surface area (Å²) >= 11 is 0. The average Bonchev–Trinajstić information content (AvgIpc) is 3.12. The van der Waals surface area contributed by atoms with Crippen LogP contribution in [-0.2, 0) is 6.54 Å². The van der Waals surface area contributed by atoms with Crippen LogP contribution in [0.2, 0.25) is 0 Å². The number of piperidine rings is 1. The third-order valence-corrected chi connectivity index (χ3v) is 5.10. The highest BCUT2D eigenvalue weighted by molar-refractivity contribution is 6.36. The Hall–Kier alpha value is -2.61. The molecule has 3 aromatic heterocycles. The van der Waals surface area contributed by atoms with E-state index >= 15 is 0 Å². The first-order valence-corrected chi connectivity index (χ1v) is 10.0. The number of pyridine rings is 1. The molecule has 2 radical (unpaired) electrons. The Morgan fingerprint density at radius 3 is 2.82 bits per heavy atom. The fourth-order valence-electron chi connectivity index (χ4n) is 3.59. The van der Waals surface area contributed by atoms with Gasteiger partial charge in [-0.1, -0.05) is 12.5 Å². The predicted molar refractivity (Wildman–Crippen MR) is 113 cm³/mol. The van der Waals surface area contributed by atoms with E-state index in [4.69, 9.17) is 7.85 Å². The zero-order chi connectivity index (χ0) is 19.2. The Bertz CT molecular complexity index is 890. The molecular formula is C20H26BN7. The van der Waals surface area contributed by atoms with Gasteiger partial charge >= 0.3 is 0 Å². The molecule has 3 aromatic rings. The van der Waals surface area contributed by atoms with Crippen LogP contribution < -0.4 is 16.1 Å². The van der Waals surface area contributed by atoms with Crippen LogP contribution in [0.3, 0.4) is 0 Å². The Labute approximate surface area is 167 Å². The minimum Gasteiger partial charge on any atom is -0.370 e. The number of hydrogen-bond acceptors (Lipinski definition) is 6. The molecule has 144 valence electrons. The molecule has 1 aliphatic heterocycles. The molecule has 0 aliphatic carbocycles. The van der Waals surface area contributed by atoms with Crippen molar-refractivity contribution in [1.29, 1.82) is 0 Å². The Morgan fingerprint density at radius 1 is 1.11 bits per heavy atom. The van der Waals surface area contributed by atoms with Gasteiger partial charge in [-0.05, 0) is 56.0 Å². The highest BCUT2D eigenvalue weighted by Crippen LogP contribution is 2.16. The smallest absolute Gasteiger partial charge is 0.152 e. The normalized spacial score (nSPS) is 15.0. The lowest BCUT2D eigenvalue weighted by Crippen LogP contribution is -2.31. The van der Waals surface area contributed by atoms with Crippen LogP contribution >= 0.6 is 0 Å². The van der Waals surface area contributed by atoms with Crippen molar-refractivity contribution in [2.75, 3.05) is 36.8 Å². The molecule has 0 amide bonds. The third-order valence-electron chi connectivity index (χ3n) is 5.10. The second-order valence-corrected chi connectivity index (χ2v) is 7.26. The fourth-order valence-corrected chi connectivity index (χ4v) is 3.59. The van der Waals surface area contributed by atoms with Crippen molar-refractivity contribution in [2.45, 2.75) is 32.2 Å². The summed E-state index contributed by atoms with van der Waals surface area (Å²) in [5, 5.41) is 11.2. The summed E-state index contributed by atoms with van der Waals surface area (Å²) in [7, 11) is 6.06. The van der Waals surface area contributed by atoms with Crippen molar-refractivity contribution >= 4 is 30.6 Å². The standard InChI is InChI=1S/C20H26BN7/c21-17-15-25-28-19(24-14-16-6-4-7-22-13-16)12-18(26-20(17)28)23-8-5-11-27-9-2-1-3-10-27/h4,6-7,12-13,15,24H,1-3,5,8-11,14H2,(H,23,26). The van der Waals surface area contributed by atoms with Gasteiger partial charge in [-0.2, -0.15) is 9.61 Å². The highest BCUT2D eigenvalue weighted by atomic mass is 15.3. The van der Waals surface area contributed by atoms with E-state index in [2.05, 4.69) is 30.6 Å². The van der Waals surface area contributed by atoms with Crippen molar-refractivity contribution in [3.63, 3.8) is 0 Å². The molecule has 4 rings (SSSR count). The largest absolute Gasteiger partial charge is 0.370 e. The van der Waals surface area contributed by atoms with Crippen LogP contribution in [0.5, 0.6) is 0 Å². The molecule has 0 saturated carbocycles. The maximum Gasteiger partial charge on any atom is 0.152 e. The zero-order valence-corrected chi connectivity index (χ0v) is 16.1. The molecule has 0 aromatic carbocycles. The second kappa shape index (κ2) is 9.06. The molecule has 28 heavy (non-hydrogen) atoms. The Kier molecular flexibility index (Phi) is 6.06. The summed E-state index contributed by atoms with van der Waals surface area (Å²) in [6.07, 6.45) is 10.4. The van der Waals surface area contributed by atoms with Gasteiger partial charge in [0, 0.05) is 37.7 Å². The number of hydrogen-bond donors (Lipinski definition) is 2. The van der Waals surface area contributed by atoms with Gasteiger partial charge in [-0.15, -0.1) is 0 Å². The molecule has 1 fully saturated rings. The van der Waals surface area contributed by atoms with E-state index in [1.807, 2.05) is 24.4 Å². The van der Waals surface area contributed by atoms with E-state index in [0.29, 0.717) is 17.7 Å². The molecule has 1 aliphatic rings. The lowest BCUT2D eigenvalue weighted by atomic mass is 10.0. The molecule has 0 spiro atoms. The topological polar surface area (TPSA) is 70.4 Å². The summed E-state index contributed by atoms with van der Waals surface area (Å²) in [6, 6.07) is 5.95. The number of fused-ring (bicyclic) bond motifs is 1. The van der Waals surface area contributed by atoms with Crippen LogP contribution in [0.15, 0.2) is 36.8 Å². The molecule has 8 heteroatoms. The molecule has 0 bridgehead atoms. The summed E-state index contributed by atoms with van der Waals surface area (Å²) in [6.45, 7) is 5.14. The number of nitrogens with zero attached hydrogens (tertiary/aromatic N) is 5. The van der Waals surface area contributed by atoms with E-state index in [9.17, 15) is 0 Å². The van der Waals surface area contributed by atoms with Gasteiger partial charge < -0.3 is 15.5 Å². The summed E-state index contributed by atoms with van der Waals surface area (Å²) in [5.41, 5.74) is 2.33. The quantitative estimate of drug-likeness (QED) is 0.462. The SMILES string of the molecule is [B]c1cnn2c(NCc3cccnc3)cc(NCCCN3CCCCC3)nc12. The van der Waals surface area contributed by atoms with Gasteiger partial charge in [0.25, 0.3) is 0 Å². The molecule has 1 saturated heterocycles. The minimum absolute atomic E-state index is 0.571. The first-order chi connectivity index (χ1) is 13.8. The minimum atomic E-state index is 0.571. The van der Waals surface area contributed by atoms with Crippen LogP contribution in [0.1, 0.15) is 31.2 Å². The molecule has 0 atom stereocenters. The number of likely N-dealkylation sites (tertiary alicyclic amines) is 1. The van der Waals surface area contributed by atoms with E-state index in [-0.39, 0.29) is 0 Å². The van der Waals surface area contributed by atoms with Crippen molar-refractivity contribution in [3.8, 4) is 0 Å². The van der Waals surface area contributed by atoms with Crippen molar-refractivity contribution < 1.29 is 0 Å². The van der Waals surface area contributed by atoms with Crippen LogP contribution in [0, 0.1) is 0 Å². The Morgan fingerprint density at radius 2 is 2.00 bits per heavy atom. The van der Waals surface area contributed by atoms with Gasteiger partial charge in [0.05, 0.1) is 0 Å². The van der Waals surface area contributed by atoms with Crippen molar-refractivity contribution in [3.05, 3.63) is 42.4 Å². The first kappa shape index (κ1) is 18.7. The summed E-state index contributed by atoms with van der Waals surface area (Å²) in [5.74, 6) is 1.66. The van der Waals surface area contributed by atoms with Gasteiger partial charge in [0.2, 0.25) is 0 Å². The van der Waals surface area contributed by atoms with Crippen LogP contribution in [0.25, 0.3) is 5.65 Å². The molecule has 7 nitrogen and oxygen atoms in total. The molecule has 2 N–H and O–H groups in total. The maximum absolute atomic E-state index is 6.06. The number of aromatic nitrogens is 4. The Balaban J connectivity index is 1.40. The van der Waals surface area contributed by atoms with Crippen LogP contribution in [-0.4, -0.2) is 58.5 Å². The van der Waals surface area contributed by atoms with Gasteiger partial charge in [0.1, 0.15) is 19.5 Å². The van der Waals surface area contributed by atoms with Gasteiger partial charge in [-0.3, -0.25) is 4.98 Å². The first-order valence-electron chi connectivity index (χ1n) is 10.0. The van der Waals surface area contributed by atoms with Gasteiger partial charge in [-0.25, -0.2) is 4.98 Å². The van der Waals surface area contributed by atoms with Gasteiger partial charge in [0.15, 0.2) is 5.65 Å². The maximum atomic E-state index is 6.06. The van der Waals surface area contributed by atoms with Crippen LogP contribution in [0.4, 0.5) is 11.6 Å². The molecule has 0 unspecified atom stereocenters. The predicted octanol–water partition coefficient (Wildman–Crippen LogP) is 1.82. The average molecular weight is 375 g/mol.